The molecular weight excluding hydrogens is 344 g/mol. The van der Waals surface area contributed by atoms with Crippen molar-refractivity contribution in [3.63, 3.8) is 0 Å². The second-order valence-corrected chi connectivity index (χ2v) is 5.79. The summed E-state index contributed by atoms with van der Waals surface area (Å²) < 4.78 is 10.6. The second-order valence-electron chi connectivity index (χ2n) is 5.79. The maximum absolute atomic E-state index is 12.0. The minimum atomic E-state index is -0.640. The van der Waals surface area contributed by atoms with Crippen LogP contribution in [0, 0.1) is 0 Å². The number of hydrogen-bond donors (Lipinski definition) is 2. The lowest BCUT2D eigenvalue weighted by atomic mass is 10.2. The van der Waals surface area contributed by atoms with Crippen LogP contribution < -0.4 is 20.1 Å². The fourth-order valence-corrected chi connectivity index (χ4v) is 2.23. The first-order valence-electron chi connectivity index (χ1n) is 8.66. The summed E-state index contributed by atoms with van der Waals surface area (Å²) in [7, 11) is 1.60. The van der Waals surface area contributed by atoms with Gasteiger partial charge in [-0.3, -0.25) is 9.59 Å². The molecule has 6 nitrogen and oxygen atoms in total. The quantitative estimate of drug-likeness (QED) is 0.526. The molecule has 0 bridgehead atoms. The Morgan fingerprint density at radius 2 is 1.70 bits per heavy atom. The van der Waals surface area contributed by atoms with E-state index in [9.17, 15) is 9.59 Å². The molecule has 0 aromatic heterocycles. The molecule has 0 aliphatic heterocycles. The van der Waals surface area contributed by atoms with E-state index in [2.05, 4.69) is 10.6 Å². The van der Waals surface area contributed by atoms with E-state index < -0.39 is 6.04 Å². The molecule has 6 heteroatoms. The van der Waals surface area contributed by atoms with Gasteiger partial charge in [0, 0.05) is 6.08 Å². The zero-order valence-electron chi connectivity index (χ0n) is 15.5. The highest BCUT2D eigenvalue weighted by atomic mass is 16.5. The number of methoxy groups -OCH3 is 1. The van der Waals surface area contributed by atoms with Gasteiger partial charge < -0.3 is 20.1 Å². The van der Waals surface area contributed by atoms with Gasteiger partial charge in [-0.05, 0) is 42.8 Å². The molecule has 0 saturated carbocycles. The van der Waals surface area contributed by atoms with E-state index in [0.717, 1.165) is 11.3 Å². The van der Waals surface area contributed by atoms with E-state index in [-0.39, 0.29) is 11.8 Å². The molecule has 2 amide bonds. The lowest BCUT2D eigenvalue weighted by Crippen LogP contribution is -2.45. The van der Waals surface area contributed by atoms with Gasteiger partial charge in [0.2, 0.25) is 11.8 Å². The van der Waals surface area contributed by atoms with E-state index >= 15 is 0 Å². The SMILES string of the molecule is COc1ccc(OCCNC(=O)C(C)NC(=O)/C=C/c2ccccc2)cc1. The number of nitrogens with one attached hydrogen (secondary N) is 2. The van der Waals surface area contributed by atoms with Crippen LogP contribution in [0.3, 0.4) is 0 Å². The summed E-state index contributed by atoms with van der Waals surface area (Å²) in [6, 6.07) is 16.0. The van der Waals surface area contributed by atoms with Crippen LogP contribution in [0.4, 0.5) is 0 Å². The van der Waals surface area contributed by atoms with Gasteiger partial charge in [0.1, 0.15) is 24.1 Å². The molecule has 0 aliphatic carbocycles. The molecule has 0 spiro atoms. The average molecular weight is 368 g/mol. The highest BCUT2D eigenvalue weighted by molar-refractivity contribution is 5.95. The summed E-state index contributed by atoms with van der Waals surface area (Å²) in [4.78, 5) is 23.9. The first-order chi connectivity index (χ1) is 13.1. The largest absolute Gasteiger partial charge is 0.497 e. The van der Waals surface area contributed by atoms with E-state index in [0.29, 0.717) is 18.9 Å². The Labute approximate surface area is 159 Å². The van der Waals surface area contributed by atoms with Crippen molar-refractivity contribution < 1.29 is 19.1 Å². The molecule has 2 aromatic rings. The Morgan fingerprint density at radius 1 is 1.04 bits per heavy atom. The van der Waals surface area contributed by atoms with Crippen molar-refractivity contribution in [3.8, 4) is 11.5 Å². The van der Waals surface area contributed by atoms with E-state index in [1.807, 2.05) is 30.3 Å². The summed E-state index contributed by atoms with van der Waals surface area (Å²) in [5, 5.41) is 5.36. The minimum absolute atomic E-state index is 0.269. The van der Waals surface area contributed by atoms with Gasteiger partial charge in [0.15, 0.2) is 0 Å². The fourth-order valence-electron chi connectivity index (χ4n) is 2.23. The topological polar surface area (TPSA) is 76.7 Å². The summed E-state index contributed by atoms with van der Waals surface area (Å²) >= 11 is 0. The van der Waals surface area contributed by atoms with E-state index in [1.165, 1.54) is 6.08 Å². The molecule has 0 saturated heterocycles. The molecule has 0 radical (unpaired) electrons. The van der Waals surface area contributed by atoms with Gasteiger partial charge in [-0.1, -0.05) is 30.3 Å². The second kappa shape index (κ2) is 10.7. The van der Waals surface area contributed by atoms with Crippen LogP contribution in [-0.2, 0) is 9.59 Å². The Balaban J connectivity index is 1.67. The number of carbonyl (C=O) groups is 2. The van der Waals surface area contributed by atoms with Gasteiger partial charge in [-0.25, -0.2) is 0 Å². The summed E-state index contributed by atoms with van der Waals surface area (Å²) in [5.41, 5.74) is 0.917. The lowest BCUT2D eigenvalue weighted by molar-refractivity contribution is -0.126. The maximum Gasteiger partial charge on any atom is 0.244 e. The van der Waals surface area contributed by atoms with Gasteiger partial charge in [-0.2, -0.15) is 0 Å². The van der Waals surface area contributed by atoms with Crippen LogP contribution in [0.2, 0.25) is 0 Å². The predicted molar refractivity (Wildman–Crippen MR) is 105 cm³/mol. The Kier molecular flexibility index (Phi) is 7.91. The van der Waals surface area contributed by atoms with Crippen molar-refractivity contribution in [1.82, 2.24) is 10.6 Å². The zero-order valence-corrected chi connectivity index (χ0v) is 15.5. The van der Waals surface area contributed by atoms with Crippen molar-refractivity contribution in [2.24, 2.45) is 0 Å². The van der Waals surface area contributed by atoms with Crippen molar-refractivity contribution in [1.29, 1.82) is 0 Å². The molecule has 0 fully saturated rings. The van der Waals surface area contributed by atoms with Gasteiger partial charge in [0.25, 0.3) is 0 Å². The van der Waals surface area contributed by atoms with E-state index in [4.69, 9.17) is 9.47 Å². The summed E-state index contributed by atoms with van der Waals surface area (Å²) in [6.45, 7) is 2.30. The average Bonchev–Trinajstić information content (AvgIpc) is 2.70. The van der Waals surface area contributed by atoms with Gasteiger partial charge in [-0.15, -0.1) is 0 Å². The summed E-state index contributed by atoms with van der Waals surface area (Å²) in [5.74, 6) is 0.852. The normalized spacial score (nSPS) is 11.6. The van der Waals surface area contributed by atoms with Gasteiger partial charge in [0.05, 0.1) is 13.7 Å². The van der Waals surface area contributed by atoms with E-state index in [1.54, 1.807) is 44.4 Å². The standard InChI is InChI=1S/C21H24N2O4/c1-16(23-20(24)13-8-17-6-4-3-5-7-17)21(25)22-14-15-27-19-11-9-18(26-2)10-12-19/h3-13,16H,14-15H2,1-2H3,(H,22,25)(H,23,24)/b13-8+. The van der Waals surface area contributed by atoms with Crippen molar-refractivity contribution >= 4 is 17.9 Å². The third-order valence-corrected chi connectivity index (χ3v) is 3.71. The number of rotatable bonds is 9. The molecule has 142 valence electrons. The smallest absolute Gasteiger partial charge is 0.244 e. The maximum atomic E-state index is 12.0. The molecule has 2 aromatic carbocycles. The number of hydrogen-bond acceptors (Lipinski definition) is 4. The lowest BCUT2D eigenvalue weighted by Gasteiger charge is -2.13. The first kappa shape index (κ1) is 20.0. The monoisotopic (exact) mass is 368 g/mol. The third kappa shape index (κ3) is 7.23. The summed E-state index contributed by atoms with van der Waals surface area (Å²) in [6.07, 6.45) is 3.11. The Bertz CT molecular complexity index is 758. The predicted octanol–water partition coefficient (Wildman–Crippen LogP) is 2.41. The van der Waals surface area contributed by atoms with Crippen LogP contribution >= 0.6 is 0 Å². The molecule has 0 aliphatic rings. The molecule has 1 atom stereocenters. The van der Waals surface area contributed by atoms with Crippen molar-refractivity contribution in [3.05, 3.63) is 66.2 Å². The first-order valence-corrected chi connectivity index (χ1v) is 8.66. The van der Waals surface area contributed by atoms with Crippen LogP contribution in [0.5, 0.6) is 11.5 Å². The number of carbonyl (C=O) groups excluding carboxylic acids is 2. The molecule has 1 unspecified atom stereocenters. The Morgan fingerprint density at radius 3 is 2.37 bits per heavy atom. The molecule has 0 heterocycles. The van der Waals surface area contributed by atoms with Crippen molar-refractivity contribution in [2.75, 3.05) is 20.3 Å². The molecular formula is C21H24N2O4. The fraction of sp³-hybridized carbons (Fsp3) is 0.238. The van der Waals surface area contributed by atoms with Crippen LogP contribution in [0.1, 0.15) is 12.5 Å². The number of amides is 2. The van der Waals surface area contributed by atoms with Crippen molar-refractivity contribution in [2.45, 2.75) is 13.0 Å². The highest BCUT2D eigenvalue weighted by Gasteiger charge is 2.13. The van der Waals surface area contributed by atoms with Crippen LogP contribution in [0.25, 0.3) is 6.08 Å². The zero-order chi connectivity index (χ0) is 19.5. The third-order valence-electron chi connectivity index (χ3n) is 3.71. The minimum Gasteiger partial charge on any atom is -0.497 e. The highest BCUT2D eigenvalue weighted by Crippen LogP contribution is 2.16. The van der Waals surface area contributed by atoms with Crippen LogP contribution in [0.15, 0.2) is 60.7 Å². The van der Waals surface area contributed by atoms with Gasteiger partial charge >= 0.3 is 0 Å². The molecule has 2 N–H and O–H groups in total. The number of ether oxygens (including phenoxy) is 2. The molecule has 27 heavy (non-hydrogen) atoms. The Hall–Kier alpha value is -3.28. The number of benzene rings is 2. The molecule has 2 rings (SSSR count). The van der Waals surface area contributed by atoms with Crippen LogP contribution in [-0.4, -0.2) is 38.1 Å².